The summed E-state index contributed by atoms with van der Waals surface area (Å²) in [5, 5.41) is 0. The first-order valence-electron chi connectivity index (χ1n) is 9.94. The molecule has 2 bridgehead atoms. The van der Waals surface area contributed by atoms with E-state index in [0.717, 1.165) is 6.42 Å². The Balaban J connectivity index is 1.42. The number of rotatable bonds is 4. The molecule has 1 heterocycles. The van der Waals surface area contributed by atoms with Crippen LogP contribution >= 0.6 is 0 Å². The van der Waals surface area contributed by atoms with Gasteiger partial charge in [-0.2, -0.15) is 0 Å². The Hall–Kier alpha value is -3.54. The molecule has 1 aliphatic heterocycles. The van der Waals surface area contributed by atoms with Gasteiger partial charge in [0.25, 0.3) is 0 Å². The van der Waals surface area contributed by atoms with Crippen LogP contribution in [0.2, 0.25) is 0 Å². The topological polar surface area (TPSA) is 80.8 Å². The number of amides is 2. The van der Waals surface area contributed by atoms with Gasteiger partial charge in [0.2, 0.25) is 11.8 Å². The molecule has 1 saturated carbocycles. The summed E-state index contributed by atoms with van der Waals surface area (Å²) >= 11 is 0. The minimum Gasteiger partial charge on any atom is -0.422 e. The highest BCUT2D eigenvalue weighted by Crippen LogP contribution is 2.53. The van der Waals surface area contributed by atoms with E-state index in [1.807, 2.05) is 12.2 Å². The number of Topliss-reactive ketones (excluding diaryl/α,β-unsaturated/α-hetero) is 1. The third kappa shape index (κ3) is 2.71. The molecule has 6 nitrogen and oxygen atoms in total. The number of carbonyl (C=O) groups is 4. The van der Waals surface area contributed by atoms with Crippen LogP contribution in [0, 0.1) is 23.7 Å². The standard InChI is InChI=1S/C24H19NO5/c1-13(26)18-7-2-3-8-19(18)30-24(29)16-5-4-6-17(12-16)25-22(27)20-14-9-10-15(11-14)21(20)23(25)28/h2-10,12,14-15,20-21H,11H2,1H3/t14-,15+,20-,21-/m0/s1. The lowest BCUT2D eigenvalue weighted by Crippen LogP contribution is -2.33. The molecule has 4 atom stereocenters. The van der Waals surface area contributed by atoms with Gasteiger partial charge in [0.15, 0.2) is 5.78 Å². The number of para-hydroxylation sites is 1. The zero-order valence-electron chi connectivity index (χ0n) is 16.3. The van der Waals surface area contributed by atoms with E-state index in [2.05, 4.69) is 0 Å². The zero-order valence-corrected chi connectivity index (χ0v) is 16.3. The summed E-state index contributed by atoms with van der Waals surface area (Å²) in [7, 11) is 0. The number of carbonyl (C=O) groups excluding carboxylic acids is 4. The molecule has 2 fully saturated rings. The van der Waals surface area contributed by atoms with Gasteiger partial charge in [0, 0.05) is 0 Å². The number of allylic oxidation sites excluding steroid dienone is 2. The zero-order chi connectivity index (χ0) is 21.0. The number of ether oxygens (including phenoxy) is 1. The van der Waals surface area contributed by atoms with Crippen molar-refractivity contribution < 1.29 is 23.9 Å². The van der Waals surface area contributed by atoms with Gasteiger partial charge in [-0.05, 0) is 55.5 Å². The summed E-state index contributed by atoms with van der Waals surface area (Å²) in [6, 6.07) is 12.8. The molecule has 0 N–H and O–H groups in total. The van der Waals surface area contributed by atoms with Gasteiger partial charge in [-0.15, -0.1) is 0 Å². The fourth-order valence-electron chi connectivity index (χ4n) is 4.93. The molecule has 0 aromatic heterocycles. The van der Waals surface area contributed by atoms with E-state index < -0.39 is 5.97 Å². The quantitative estimate of drug-likeness (QED) is 0.258. The number of fused-ring (bicyclic) bond motifs is 5. The summed E-state index contributed by atoms with van der Waals surface area (Å²) < 4.78 is 5.42. The molecular weight excluding hydrogens is 382 g/mol. The summed E-state index contributed by atoms with van der Waals surface area (Å²) in [5.41, 5.74) is 0.875. The van der Waals surface area contributed by atoms with Gasteiger partial charge in [-0.3, -0.25) is 14.4 Å². The Morgan fingerprint density at radius 3 is 2.27 bits per heavy atom. The number of ketones is 1. The molecule has 1 saturated heterocycles. The number of benzene rings is 2. The summed E-state index contributed by atoms with van der Waals surface area (Å²) in [5.74, 6) is -1.46. The van der Waals surface area contributed by atoms with Crippen molar-refractivity contribution >= 4 is 29.3 Å². The minimum absolute atomic E-state index is 0.123. The molecule has 150 valence electrons. The van der Waals surface area contributed by atoms with Crippen LogP contribution < -0.4 is 9.64 Å². The normalized spacial score (nSPS) is 26.2. The van der Waals surface area contributed by atoms with Crippen molar-refractivity contribution in [1.82, 2.24) is 0 Å². The average Bonchev–Trinajstić information content (AvgIpc) is 3.42. The van der Waals surface area contributed by atoms with Crippen molar-refractivity contribution in [2.24, 2.45) is 23.7 Å². The molecule has 2 aromatic carbocycles. The molecule has 0 unspecified atom stereocenters. The third-order valence-electron chi connectivity index (χ3n) is 6.28. The van der Waals surface area contributed by atoms with E-state index in [9.17, 15) is 19.2 Å². The molecule has 2 amide bonds. The van der Waals surface area contributed by atoms with E-state index in [0.29, 0.717) is 11.3 Å². The van der Waals surface area contributed by atoms with Gasteiger partial charge in [0.1, 0.15) is 5.75 Å². The van der Waals surface area contributed by atoms with Gasteiger partial charge < -0.3 is 4.74 Å². The molecule has 2 aliphatic carbocycles. The van der Waals surface area contributed by atoms with E-state index in [4.69, 9.17) is 4.74 Å². The first-order chi connectivity index (χ1) is 14.5. The fourth-order valence-corrected chi connectivity index (χ4v) is 4.93. The Bertz CT molecular complexity index is 1100. The van der Waals surface area contributed by atoms with Crippen molar-refractivity contribution in [3.63, 3.8) is 0 Å². The maximum Gasteiger partial charge on any atom is 0.343 e. The molecular formula is C24H19NO5. The van der Waals surface area contributed by atoms with Crippen molar-refractivity contribution in [1.29, 1.82) is 0 Å². The van der Waals surface area contributed by atoms with E-state index in [1.165, 1.54) is 17.9 Å². The minimum atomic E-state index is -0.661. The van der Waals surface area contributed by atoms with Gasteiger partial charge in [-0.1, -0.05) is 30.4 Å². The lowest BCUT2D eigenvalue weighted by molar-refractivity contribution is -0.123. The maximum absolute atomic E-state index is 13.0. The molecule has 0 spiro atoms. The van der Waals surface area contributed by atoms with E-state index in [-0.39, 0.29) is 52.6 Å². The summed E-state index contributed by atoms with van der Waals surface area (Å²) in [6.45, 7) is 1.40. The van der Waals surface area contributed by atoms with Crippen LogP contribution in [0.25, 0.3) is 0 Å². The molecule has 2 aromatic rings. The number of nitrogens with zero attached hydrogens (tertiary/aromatic N) is 1. The molecule has 6 heteroatoms. The van der Waals surface area contributed by atoms with Gasteiger partial charge in [0.05, 0.1) is 28.7 Å². The second-order valence-electron chi connectivity index (χ2n) is 8.00. The van der Waals surface area contributed by atoms with Crippen LogP contribution in [-0.4, -0.2) is 23.6 Å². The largest absolute Gasteiger partial charge is 0.422 e. The van der Waals surface area contributed by atoms with Gasteiger partial charge >= 0.3 is 5.97 Å². The van der Waals surface area contributed by atoms with Crippen LogP contribution in [0.4, 0.5) is 5.69 Å². The van der Waals surface area contributed by atoms with Crippen LogP contribution in [-0.2, 0) is 9.59 Å². The Kier molecular flexibility index (Phi) is 4.17. The molecule has 5 rings (SSSR count). The monoisotopic (exact) mass is 401 g/mol. The molecule has 3 aliphatic rings. The second kappa shape index (κ2) is 6.76. The number of anilines is 1. The lowest BCUT2D eigenvalue weighted by Gasteiger charge is -2.18. The highest BCUT2D eigenvalue weighted by Gasteiger charge is 2.59. The van der Waals surface area contributed by atoms with Crippen molar-refractivity contribution in [2.75, 3.05) is 4.90 Å². The Morgan fingerprint density at radius 2 is 1.60 bits per heavy atom. The average molecular weight is 401 g/mol. The van der Waals surface area contributed by atoms with Crippen molar-refractivity contribution in [3.05, 3.63) is 71.8 Å². The molecule has 0 radical (unpaired) electrons. The van der Waals surface area contributed by atoms with Crippen LogP contribution in [0.3, 0.4) is 0 Å². The van der Waals surface area contributed by atoms with Crippen molar-refractivity contribution in [3.8, 4) is 5.75 Å². The van der Waals surface area contributed by atoms with Crippen molar-refractivity contribution in [2.45, 2.75) is 13.3 Å². The number of imide groups is 1. The van der Waals surface area contributed by atoms with Crippen LogP contribution in [0.1, 0.15) is 34.1 Å². The number of esters is 1. The number of hydrogen-bond donors (Lipinski definition) is 0. The first kappa shape index (κ1) is 18.5. The predicted molar refractivity (Wildman–Crippen MR) is 108 cm³/mol. The van der Waals surface area contributed by atoms with E-state index >= 15 is 0 Å². The third-order valence-corrected chi connectivity index (χ3v) is 6.28. The second-order valence-corrected chi connectivity index (χ2v) is 8.00. The molecule has 30 heavy (non-hydrogen) atoms. The lowest BCUT2D eigenvalue weighted by atomic mass is 9.85. The Labute approximate surface area is 173 Å². The first-order valence-corrected chi connectivity index (χ1v) is 9.94. The predicted octanol–water partition coefficient (Wildman–Crippen LogP) is 3.42. The smallest absolute Gasteiger partial charge is 0.343 e. The Morgan fingerprint density at radius 1 is 0.933 bits per heavy atom. The summed E-state index contributed by atoms with van der Waals surface area (Å²) in [6.07, 6.45) is 4.95. The number of hydrogen-bond acceptors (Lipinski definition) is 5. The maximum atomic E-state index is 13.0. The highest BCUT2D eigenvalue weighted by molar-refractivity contribution is 6.23. The van der Waals surface area contributed by atoms with Crippen LogP contribution in [0.5, 0.6) is 5.75 Å². The highest BCUT2D eigenvalue weighted by atomic mass is 16.5. The van der Waals surface area contributed by atoms with Crippen LogP contribution in [0.15, 0.2) is 60.7 Å². The van der Waals surface area contributed by atoms with E-state index in [1.54, 1.807) is 42.5 Å². The SMILES string of the molecule is CC(=O)c1ccccc1OC(=O)c1cccc(N2C(=O)[C@@H]3[C@@H](C2=O)[C@H]2C=C[C@@H]3C2)c1. The fraction of sp³-hybridized carbons (Fsp3) is 0.250. The summed E-state index contributed by atoms with van der Waals surface area (Å²) in [4.78, 5) is 51.7. The van der Waals surface area contributed by atoms with Gasteiger partial charge in [-0.25, -0.2) is 9.69 Å².